The molecule has 1 atom stereocenters. The number of hydrogen-bond donors (Lipinski definition) is 2. The number of likely N-dealkylation sites (tertiary alicyclic amines) is 1. The van der Waals surface area contributed by atoms with Crippen molar-refractivity contribution in [3.05, 3.63) is 18.2 Å². The molecule has 1 aliphatic heterocycles. The van der Waals surface area contributed by atoms with Crippen molar-refractivity contribution in [2.45, 2.75) is 19.8 Å². The van der Waals surface area contributed by atoms with Gasteiger partial charge in [0, 0.05) is 44.4 Å². The highest BCUT2D eigenvalue weighted by molar-refractivity contribution is 5.89. The van der Waals surface area contributed by atoms with E-state index in [2.05, 4.69) is 15.3 Å². The maximum absolute atomic E-state index is 11.9. The first-order valence-electron chi connectivity index (χ1n) is 6.23. The van der Waals surface area contributed by atoms with Crippen LogP contribution >= 0.6 is 0 Å². The number of hydrogen-bond acceptors (Lipinski definition) is 3. The molecule has 0 saturated carbocycles. The highest BCUT2D eigenvalue weighted by Gasteiger charge is 2.32. The van der Waals surface area contributed by atoms with E-state index in [9.17, 15) is 9.59 Å². The maximum atomic E-state index is 11.9. The molecule has 1 aliphatic rings. The Hall–Kier alpha value is -1.85. The number of rotatable bonds is 5. The minimum Gasteiger partial charge on any atom is -0.355 e. The lowest BCUT2D eigenvalue weighted by atomic mass is 10.1. The van der Waals surface area contributed by atoms with Crippen molar-refractivity contribution in [2.24, 2.45) is 5.92 Å². The van der Waals surface area contributed by atoms with Crippen LogP contribution in [0.3, 0.4) is 0 Å². The number of carbonyl (C=O) groups is 2. The molecule has 98 valence electrons. The summed E-state index contributed by atoms with van der Waals surface area (Å²) in [5.41, 5.74) is 0.994. The molecule has 2 heterocycles. The highest BCUT2D eigenvalue weighted by Crippen LogP contribution is 2.17. The zero-order chi connectivity index (χ0) is 13.0. The Labute approximate surface area is 106 Å². The fraction of sp³-hybridized carbons (Fsp3) is 0.583. The molecule has 0 bridgehead atoms. The summed E-state index contributed by atoms with van der Waals surface area (Å²) in [6, 6.07) is 0. The van der Waals surface area contributed by atoms with Crippen LogP contribution in [-0.4, -0.2) is 46.3 Å². The molecule has 18 heavy (non-hydrogen) atoms. The Kier molecular flexibility index (Phi) is 3.96. The Balaban J connectivity index is 1.74. The van der Waals surface area contributed by atoms with E-state index in [-0.39, 0.29) is 17.7 Å². The first-order chi connectivity index (χ1) is 8.70. The molecule has 6 nitrogen and oxygen atoms in total. The minimum atomic E-state index is -0.195. The topological polar surface area (TPSA) is 78.1 Å². The summed E-state index contributed by atoms with van der Waals surface area (Å²) in [4.78, 5) is 32.0. The fourth-order valence-corrected chi connectivity index (χ4v) is 2.14. The van der Waals surface area contributed by atoms with Gasteiger partial charge >= 0.3 is 0 Å². The third-order valence-electron chi connectivity index (χ3n) is 3.22. The number of aromatic nitrogens is 2. The van der Waals surface area contributed by atoms with Crippen LogP contribution in [0, 0.1) is 5.92 Å². The molecular formula is C12H18N4O2. The fourth-order valence-electron chi connectivity index (χ4n) is 2.14. The quantitative estimate of drug-likeness (QED) is 0.768. The van der Waals surface area contributed by atoms with Gasteiger partial charge in [-0.3, -0.25) is 9.59 Å². The van der Waals surface area contributed by atoms with Crippen molar-refractivity contribution in [3.63, 3.8) is 0 Å². The summed E-state index contributed by atoms with van der Waals surface area (Å²) in [5, 5.41) is 2.86. The monoisotopic (exact) mass is 250 g/mol. The van der Waals surface area contributed by atoms with Gasteiger partial charge in [-0.15, -0.1) is 0 Å². The Morgan fingerprint density at radius 1 is 1.67 bits per heavy atom. The summed E-state index contributed by atoms with van der Waals surface area (Å²) in [6.07, 6.45) is 4.42. The van der Waals surface area contributed by atoms with Gasteiger partial charge in [-0.05, 0) is 6.92 Å². The molecule has 1 unspecified atom stereocenters. The number of nitrogens with one attached hydrogen (secondary N) is 2. The standard InChI is InChI=1S/C12H18N4O2/c1-2-16-7-9(5-11(16)17)12(18)14-4-3-10-6-13-8-15-10/h6,8-9H,2-5,7H2,1H3,(H,13,15)(H,14,18). The molecule has 6 heteroatoms. The van der Waals surface area contributed by atoms with E-state index in [1.54, 1.807) is 17.4 Å². The van der Waals surface area contributed by atoms with Crippen molar-refractivity contribution in [1.82, 2.24) is 20.2 Å². The molecule has 2 N–H and O–H groups in total. The van der Waals surface area contributed by atoms with Crippen molar-refractivity contribution in [3.8, 4) is 0 Å². The summed E-state index contributed by atoms with van der Waals surface area (Å²) < 4.78 is 0. The first-order valence-corrected chi connectivity index (χ1v) is 6.23. The molecule has 2 amide bonds. The van der Waals surface area contributed by atoms with Gasteiger partial charge in [0.25, 0.3) is 0 Å². The van der Waals surface area contributed by atoms with E-state index in [0.717, 1.165) is 12.1 Å². The number of amides is 2. The molecule has 0 spiro atoms. The molecule has 0 radical (unpaired) electrons. The van der Waals surface area contributed by atoms with Crippen LogP contribution in [0.2, 0.25) is 0 Å². The average Bonchev–Trinajstić information content (AvgIpc) is 2.98. The third kappa shape index (κ3) is 2.88. The second-order valence-corrected chi connectivity index (χ2v) is 4.45. The first kappa shape index (κ1) is 12.6. The van der Waals surface area contributed by atoms with E-state index in [1.807, 2.05) is 6.92 Å². The number of carbonyl (C=O) groups excluding carboxylic acids is 2. The normalized spacial score (nSPS) is 19.3. The molecule has 0 aromatic carbocycles. The molecular weight excluding hydrogens is 232 g/mol. The van der Waals surface area contributed by atoms with Crippen LogP contribution < -0.4 is 5.32 Å². The van der Waals surface area contributed by atoms with Gasteiger partial charge < -0.3 is 15.2 Å². The lowest BCUT2D eigenvalue weighted by Crippen LogP contribution is -2.34. The van der Waals surface area contributed by atoms with Gasteiger partial charge in [-0.25, -0.2) is 4.98 Å². The number of imidazole rings is 1. The largest absolute Gasteiger partial charge is 0.355 e. The van der Waals surface area contributed by atoms with Gasteiger partial charge in [0.15, 0.2) is 0 Å². The second kappa shape index (κ2) is 5.66. The smallest absolute Gasteiger partial charge is 0.225 e. The molecule has 1 saturated heterocycles. The van der Waals surface area contributed by atoms with Crippen LogP contribution in [0.25, 0.3) is 0 Å². The van der Waals surface area contributed by atoms with Gasteiger partial charge in [0.2, 0.25) is 11.8 Å². The van der Waals surface area contributed by atoms with Gasteiger partial charge in [-0.2, -0.15) is 0 Å². The van der Waals surface area contributed by atoms with Crippen molar-refractivity contribution < 1.29 is 9.59 Å². The van der Waals surface area contributed by atoms with Crippen molar-refractivity contribution in [1.29, 1.82) is 0 Å². The summed E-state index contributed by atoms with van der Waals surface area (Å²) in [6.45, 7) is 3.72. The molecule has 0 aliphatic carbocycles. The average molecular weight is 250 g/mol. The van der Waals surface area contributed by atoms with Crippen molar-refractivity contribution >= 4 is 11.8 Å². The SMILES string of the molecule is CCN1CC(C(=O)NCCc2cnc[nH]2)CC1=O. The van der Waals surface area contributed by atoms with Gasteiger partial charge in [-0.1, -0.05) is 0 Å². The Morgan fingerprint density at radius 2 is 2.50 bits per heavy atom. The van der Waals surface area contributed by atoms with E-state index in [0.29, 0.717) is 26.1 Å². The van der Waals surface area contributed by atoms with E-state index < -0.39 is 0 Å². The molecule has 1 fully saturated rings. The summed E-state index contributed by atoms with van der Waals surface area (Å²) >= 11 is 0. The lowest BCUT2D eigenvalue weighted by Gasteiger charge is -2.13. The Morgan fingerprint density at radius 3 is 3.11 bits per heavy atom. The minimum absolute atomic E-state index is 0.0289. The molecule has 2 rings (SSSR count). The Bertz CT molecular complexity index is 416. The zero-order valence-corrected chi connectivity index (χ0v) is 10.5. The van der Waals surface area contributed by atoms with Crippen molar-refractivity contribution in [2.75, 3.05) is 19.6 Å². The van der Waals surface area contributed by atoms with Gasteiger partial charge in [0.1, 0.15) is 0 Å². The summed E-state index contributed by atoms with van der Waals surface area (Å²) in [7, 11) is 0. The molecule has 1 aromatic heterocycles. The lowest BCUT2D eigenvalue weighted by molar-refractivity contribution is -0.128. The van der Waals surface area contributed by atoms with Gasteiger partial charge in [0.05, 0.1) is 12.2 Å². The number of nitrogens with zero attached hydrogens (tertiary/aromatic N) is 2. The molecule has 1 aromatic rings. The van der Waals surface area contributed by atoms with Crippen LogP contribution in [0.15, 0.2) is 12.5 Å². The highest BCUT2D eigenvalue weighted by atomic mass is 16.2. The predicted octanol–water partition coefficient (Wildman–Crippen LogP) is -0.0632. The third-order valence-corrected chi connectivity index (χ3v) is 3.22. The van der Waals surface area contributed by atoms with E-state index >= 15 is 0 Å². The summed E-state index contributed by atoms with van der Waals surface area (Å²) in [5.74, 6) is -0.149. The second-order valence-electron chi connectivity index (χ2n) is 4.45. The number of aromatic amines is 1. The zero-order valence-electron chi connectivity index (χ0n) is 10.5. The van der Waals surface area contributed by atoms with E-state index in [4.69, 9.17) is 0 Å². The van der Waals surface area contributed by atoms with E-state index in [1.165, 1.54) is 0 Å². The van der Waals surface area contributed by atoms with Crippen LogP contribution in [-0.2, 0) is 16.0 Å². The number of H-pyrrole nitrogens is 1. The maximum Gasteiger partial charge on any atom is 0.225 e. The predicted molar refractivity (Wildman–Crippen MR) is 65.7 cm³/mol. The van der Waals surface area contributed by atoms with Crippen LogP contribution in [0.5, 0.6) is 0 Å². The van der Waals surface area contributed by atoms with Crippen LogP contribution in [0.1, 0.15) is 19.0 Å². The van der Waals surface area contributed by atoms with Crippen LogP contribution in [0.4, 0.5) is 0 Å².